The Morgan fingerprint density at radius 1 is 0.971 bits per heavy atom. The number of carbonyl (C=O) groups excluding carboxylic acids is 2. The summed E-state index contributed by atoms with van der Waals surface area (Å²) in [5.74, 6) is -0.610. The van der Waals surface area contributed by atoms with E-state index in [1.165, 1.54) is 0 Å². The van der Waals surface area contributed by atoms with Crippen molar-refractivity contribution >= 4 is 33.2 Å². The first kappa shape index (κ1) is 23.3. The van der Waals surface area contributed by atoms with E-state index in [2.05, 4.69) is 10.6 Å². The molecule has 4 rings (SSSR count). The van der Waals surface area contributed by atoms with Crippen molar-refractivity contribution in [2.75, 3.05) is 22.4 Å². The van der Waals surface area contributed by atoms with Crippen LogP contribution in [-0.4, -0.2) is 39.1 Å². The predicted molar refractivity (Wildman–Crippen MR) is 130 cm³/mol. The van der Waals surface area contributed by atoms with E-state index >= 15 is 0 Å². The number of ether oxygens (including phenoxy) is 1. The maximum absolute atomic E-state index is 13.1. The third-order valence-corrected chi connectivity index (χ3v) is 6.65. The molecule has 9 heteroatoms. The molecule has 0 unspecified atom stereocenters. The van der Waals surface area contributed by atoms with Crippen LogP contribution in [0.15, 0.2) is 78.9 Å². The lowest BCUT2D eigenvalue weighted by molar-refractivity contribution is -0.122. The molecule has 1 aliphatic rings. The smallest absolute Gasteiger partial charge is 0.267 e. The second kappa shape index (κ2) is 9.56. The molecule has 34 heavy (non-hydrogen) atoms. The number of fused-ring (bicyclic) bond motifs is 1. The van der Waals surface area contributed by atoms with Gasteiger partial charge in [0.2, 0.25) is 10.0 Å². The highest BCUT2D eigenvalue weighted by atomic mass is 32.2. The number of nitrogens with one attached hydrogen (secondary N) is 2. The second-order valence-electron chi connectivity index (χ2n) is 8.01. The van der Waals surface area contributed by atoms with E-state index in [0.29, 0.717) is 17.1 Å². The Bertz CT molecular complexity index is 1310. The van der Waals surface area contributed by atoms with Crippen LogP contribution >= 0.6 is 0 Å². The minimum Gasteiger partial charge on any atom is -0.476 e. The average Bonchev–Trinajstić information content (AvgIpc) is 2.83. The molecule has 0 aliphatic carbocycles. The number of benzene rings is 3. The molecule has 2 N–H and O–H groups in total. The molecule has 2 amide bonds. The Kier molecular flexibility index (Phi) is 6.56. The first-order valence-corrected chi connectivity index (χ1v) is 12.6. The molecule has 3 aromatic carbocycles. The van der Waals surface area contributed by atoms with E-state index in [1.54, 1.807) is 48.5 Å². The van der Waals surface area contributed by atoms with Crippen LogP contribution in [0.5, 0.6) is 5.75 Å². The third-order valence-electron chi connectivity index (χ3n) is 5.50. The topological polar surface area (TPSA) is 105 Å². The van der Waals surface area contributed by atoms with Gasteiger partial charge in [-0.3, -0.25) is 13.9 Å². The van der Waals surface area contributed by atoms with Crippen LogP contribution in [-0.2, 0) is 14.8 Å². The van der Waals surface area contributed by atoms with Crippen LogP contribution in [0, 0.1) is 0 Å². The van der Waals surface area contributed by atoms with Crippen molar-refractivity contribution in [1.29, 1.82) is 0 Å². The molecule has 2 atom stereocenters. The van der Waals surface area contributed by atoms with Gasteiger partial charge in [-0.25, -0.2) is 8.42 Å². The van der Waals surface area contributed by atoms with E-state index in [-0.39, 0.29) is 24.1 Å². The number of carbonyl (C=O) groups is 2. The van der Waals surface area contributed by atoms with E-state index in [0.717, 1.165) is 16.1 Å². The number of nitrogens with zero attached hydrogens (tertiary/aromatic N) is 1. The summed E-state index contributed by atoms with van der Waals surface area (Å²) in [4.78, 5) is 26.1. The summed E-state index contributed by atoms with van der Waals surface area (Å²) < 4.78 is 31.6. The van der Waals surface area contributed by atoms with Crippen LogP contribution in [0.1, 0.15) is 28.9 Å². The van der Waals surface area contributed by atoms with Crippen LogP contribution in [0.2, 0.25) is 0 Å². The van der Waals surface area contributed by atoms with E-state index in [1.807, 2.05) is 37.3 Å². The van der Waals surface area contributed by atoms with Gasteiger partial charge in [0.15, 0.2) is 6.10 Å². The van der Waals surface area contributed by atoms with E-state index < -0.39 is 22.0 Å². The molecule has 0 fully saturated rings. The highest BCUT2D eigenvalue weighted by Gasteiger charge is 2.35. The Labute approximate surface area is 198 Å². The second-order valence-corrected chi connectivity index (χ2v) is 9.92. The summed E-state index contributed by atoms with van der Waals surface area (Å²) in [5, 5.41) is 5.67. The Balaban J connectivity index is 1.53. The molecule has 0 bridgehead atoms. The van der Waals surface area contributed by atoms with Crippen molar-refractivity contribution < 1.29 is 22.7 Å². The van der Waals surface area contributed by atoms with Crippen molar-refractivity contribution in [3.8, 4) is 5.75 Å². The molecule has 176 valence electrons. The average molecular weight is 480 g/mol. The number of hydrogen-bond acceptors (Lipinski definition) is 5. The number of rotatable bonds is 6. The SMILES string of the molecule is C[C@H](NC(=O)c1ccccc1NC(=O)[C@H]1CN(S(C)(=O)=O)c2ccccc2O1)c1ccccc1. The zero-order valence-corrected chi connectivity index (χ0v) is 19.6. The van der Waals surface area contributed by atoms with Gasteiger partial charge in [-0.15, -0.1) is 0 Å². The summed E-state index contributed by atoms with van der Waals surface area (Å²) >= 11 is 0. The molecular formula is C25H25N3O5S. The number of sulfonamides is 1. The first-order chi connectivity index (χ1) is 16.2. The Morgan fingerprint density at radius 3 is 2.35 bits per heavy atom. The number of hydrogen-bond donors (Lipinski definition) is 2. The Morgan fingerprint density at radius 2 is 1.62 bits per heavy atom. The largest absolute Gasteiger partial charge is 0.476 e. The van der Waals surface area contributed by atoms with Crippen LogP contribution in [0.3, 0.4) is 0 Å². The number of anilines is 2. The fourth-order valence-electron chi connectivity index (χ4n) is 3.76. The molecule has 0 spiro atoms. The van der Waals surface area contributed by atoms with Gasteiger partial charge in [0.1, 0.15) is 5.75 Å². The standard InChI is InChI=1S/C25H25N3O5S/c1-17(18-10-4-3-5-11-18)26-24(29)19-12-6-7-13-20(19)27-25(30)23-16-28(34(2,31)32)21-14-8-9-15-22(21)33-23/h3-15,17,23H,16H2,1-2H3,(H,26,29)(H,27,30)/t17-,23+/m0/s1. The summed E-state index contributed by atoms with van der Waals surface area (Å²) in [6, 6.07) is 22.6. The minimum atomic E-state index is -3.63. The van der Waals surface area contributed by atoms with Crippen molar-refractivity contribution in [2.24, 2.45) is 0 Å². The van der Waals surface area contributed by atoms with Gasteiger partial charge < -0.3 is 15.4 Å². The van der Waals surface area contributed by atoms with Gasteiger partial charge in [-0.05, 0) is 36.8 Å². The quantitative estimate of drug-likeness (QED) is 0.564. The fourth-order valence-corrected chi connectivity index (χ4v) is 4.67. The van der Waals surface area contributed by atoms with Gasteiger partial charge in [-0.2, -0.15) is 0 Å². The number of amides is 2. The molecule has 1 aliphatic heterocycles. The third kappa shape index (κ3) is 5.04. The molecule has 0 radical (unpaired) electrons. The molecule has 0 saturated carbocycles. The van der Waals surface area contributed by atoms with Gasteiger partial charge in [0.25, 0.3) is 11.8 Å². The van der Waals surface area contributed by atoms with Crippen molar-refractivity contribution in [1.82, 2.24) is 5.32 Å². The van der Waals surface area contributed by atoms with Gasteiger partial charge in [-0.1, -0.05) is 54.6 Å². The van der Waals surface area contributed by atoms with Crippen molar-refractivity contribution in [3.63, 3.8) is 0 Å². The lowest BCUT2D eigenvalue weighted by Gasteiger charge is -2.33. The summed E-state index contributed by atoms with van der Waals surface area (Å²) in [5.41, 5.74) is 1.92. The van der Waals surface area contributed by atoms with Gasteiger partial charge >= 0.3 is 0 Å². The van der Waals surface area contributed by atoms with E-state index in [9.17, 15) is 18.0 Å². The lowest BCUT2D eigenvalue weighted by Crippen LogP contribution is -2.48. The lowest BCUT2D eigenvalue weighted by atomic mass is 10.1. The summed E-state index contributed by atoms with van der Waals surface area (Å²) in [6.07, 6.45) is -0.0126. The normalized spacial score (nSPS) is 16.1. The molecule has 0 saturated heterocycles. The van der Waals surface area contributed by atoms with Gasteiger partial charge in [0.05, 0.1) is 35.8 Å². The van der Waals surface area contributed by atoms with Crippen LogP contribution < -0.4 is 19.7 Å². The van der Waals surface area contributed by atoms with Gasteiger partial charge in [0, 0.05) is 0 Å². The number of para-hydroxylation sites is 3. The van der Waals surface area contributed by atoms with Crippen molar-refractivity contribution in [3.05, 3.63) is 90.0 Å². The van der Waals surface area contributed by atoms with Crippen LogP contribution in [0.25, 0.3) is 0 Å². The van der Waals surface area contributed by atoms with E-state index in [4.69, 9.17) is 4.74 Å². The summed E-state index contributed by atoms with van der Waals surface area (Å²) in [7, 11) is -3.63. The zero-order chi connectivity index (χ0) is 24.3. The molecule has 3 aromatic rings. The molecule has 1 heterocycles. The molecular weight excluding hydrogens is 454 g/mol. The fraction of sp³-hybridized carbons (Fsp3) is 0.200. The highest BCUT2D eigenvalue weighted by Crippen LogP contribution is 2.35. The minimum absolute atomic E-state index is 0.179. The predicted octanol–water partition coefficient (Wildman–Crippen LogP) is 3.34. The Hall–Kier alpha value is -3.85. The maximum Gasteiger partial charge on any atom is 0.267 e. The molecule has 0 aromatic heterocycles. The van der Waals surface area contributed by atoms with Crippen LogP contribution in [0.4, 0.5) is 11.4 Å². The monoisotopic (exact) mass is 479 g/mol. The molecule has 8 nitrogen and oxygen atoms in total. The zero-order valence-electron chi connectivity index (χ0n) is 18.8. The first-order valence-electron chi connectivity index (χ1n) is 10.7. The maximum atomic E-state index is 13.1. The summed E-state index contributed by atoms with van der Waals surface area (Å²) in [6.45, 7) is 1.70. The van der Waals surface area contributed by atoms with Crippen molar-refractivity contribution in [2.45, 2.75) is 19.1 Å². The highest BCUT2D eigenvalue weighted by molar-refractivity contribution is 7.92.